The van der Waals surface area contributed by atoms with Gasteiger partial charge in [-0.1, -0.05) is 45.0 Å². The van der Waals surface area contributed by atoms with E-state index in [1.54, 1.807) is 30.5 Å². The van der Waals surface area contributed by atoms with Crippen LogP contribution in [0.4, 0.5) is 22.0 Å². The van der Waals surface area contributed by atoms with Crippen LogP contribution in [0.2, 0.25) is 0 Å². The molecule has 0 unspecified atom stereocenters. The SMILES string of the molecule is CC(C)n1cc(C(=O)c2cccc(NC(=O)Nc3ccc(C(C)(C)C)cc3)c2)c2c(N)ncnc21. The summed E-state index contributed by atoms with van der Waals surface area (Å²) in [6, 6.07) is 14.2. The van der Waals surface area contributed by atoms with E-state index in [0.29, 0.717) is 33.5 Å². The molecule has 0 aliphatic rings. The lowest BCUT2D eigenvalue weighted by molar-refractivity contribution is 0.104. The zero-order valence-corrected chi connectivity index (χ0v) is 20.6. The van der Waals surface area contributed by atoms with Crippen molar-refractivity contribution in [2.24, 2.45) is 0 Å². The number of aromatic nitrogens is 3. The molecule has 0 saturated carbocycles. The lowest BCUT2D eigenvalue weighted by Crippen LogP contribution is -2.20. The van der Waals surface area contributed by atoms with Gasteiger partial charge in [0, 0.05) is 29.2 Å². The molecule has 4 N–H and O–H groups in total. The summed E-state index contributed by atoms with van der Waals surface area (Å²) in [6.07, 6.45) is 3.15. The Morgan fingerprint density at radius 2 is 1.66 bits per heavy atom. The van der Waals surface area contributed by atoms with Crippen molar-refractivity contribution in [1.82, 2.24) is 14.5 Å². The number of urea groups is 1. The van der Waals surface area contributed by atoms with Gasteiger partial charge in [-0.15, -0.1) is 0 Å². The number of benzene rings is 2. The molecule has 0 aliphatic heterocycles. The minimum absolute atomic E-state index is 0.0338. The molecule has 35 heavy (non-hydrogen) atoms. The van der Waals surface area contributed by atoms with E-state index < -0.39 is 6.03 Å². The van der Waals surface area contributed by atoms with E-state index in [-0.39, 0.29) is 23.1 Å². The summed E-state index contributed by atoms with van der Waals surface area (Å²) in [5, 5.41) is 6.15. The van der Waals surface area contributed by atoms with Crippen molar-refractivity contribution in [3.8, 4) is 0 Å². The largest absolute Gasteiger partial charge is 0.383 e. The van der Waals surface area contributed by atoms with Gasteiger partial charge >= 0.3 is 6.03 Å². The van der Waals surface area contributed by atoms with Crippen LogP contribution in [-0.4, -0.2) is 26.3 Å². The second-order valence-corrected chi connectivity index (χ2v) is 9.82. The number of nitrogens with one attached hydrogen (secondary N) is 2. The molecule has 0 aliphatic carbocycles. The first-order valence-corrected chi connectivity index (χ1v) is 11.5. The van der Waals surface area contributed by atoms with Crippen LogP contribution in [0.3, 0.4) is 0 Å². The molecule has 8 nitrogen and oxygen atoms in total. The molecule has 180 valence electrons. The molecule has 2 heterocycles. The Bertz CT molecular complexity index is 1400. The minimum Gasteiger partial charge on any atom is -0.383 e. The Hall–Kier alpha value is -4.20. The number of anilines is 3. The monoisotopic (exact) mass is 470 g/mol. The molecule has 2 aromatic carbocycles. The van der Waals surface area contributed by atoms with Crippen LogP contribution in [0.1, 0.15) is 62.1 Å². The summed E-state index contributed by atoms with van der Waals surface area (Å²) >= 11 is 0. The molecule has 2 aromatic heterocycles. The Morgan fingerprint density at radius 3 is 2.31 bits per heavy atom. The van der Waals surface area contributed by atoms with Crippen LogP contribution in [0.25, 0.3) is 11.0 Å². The molecule has 2 amide bonds. The van der Waals surface area contributed by atoms with Crippen molar-refractivity contribution < 1.29 is 9.59 Å². The van der Waals surface area contributed by atoms with Gasteiger partial charge in [-0.05, 0) is 49.1 Å². The average molecular weight is 471 g/mol. The smallest absolute Gasteiger partial charge is 0.323 e. The first-order valence-electron chi connectivity index (χ1n) is 11.5. The Kier molecular flexibility index (Phi) is 6.30. The molecule has 0 fully saturated rings. The maximum absolute atomic E-state index is 13.4. The summed E-state index contributed by atoms with van der Waals surface area (Å²) in [7, 11) is 0. The van der Waals surface area contributed by atoms with E-state index in [4.69, 9.17) is 5.73 Å². The fourth-order valence-electron chi connectivity index (χ4n) is 3.91. The van der Waals surface area contributed by atoms with Gasteiger partial charge in [0.15, 0.2) is 5.78 Å². The van der Waals surface area contributed by atoms with Crippen LogP contribution in [0.5, 0.6) is 0 Å². The molecule has 8 heteroatoms. The van der Waals surface area contributed by atoms with Crippen molar-refractivity contribution in [1.29, 1.82) is 0 Å². The second-order valence-electron chi connectivity index (χ2n) is 9.82. The zero-order valence-electron chi connectivity index (χ0n) is 20.6. The van der Waals surface area contributed by atoms with Gasteiger partial charge in [-0.25, -0.2) is 14.8 Å². The predicted octanol–water partition coefficient (Wildman–Crippen LogP) is 5.77. The number of nitrogens with zero attached hydrogens (tertiary/aromatic N) is 3. The number of carbonyl (C=O) groups excluding carboxylic acids is 2. The average Bonchev–Trinajstić information content (AvgIpc) is 3.20. The van der Waals surface area contributed by atoms with Crippen LogP contribution in [0, 0.1) is 0 Å². The lowest BCUT2D eigenvalue weighted by Gasteiger charge is -2.19. The van der Waals surface area contributed by atoms with Gasteiger partial charge in [0.1, 0.15) is 17.8 Å². The van der Waals surface area contributed by atoms with Crippen LogP contribution in [0.15, 0.2) is 61.1 Å². The fourth-order valence-corrected chi connectivity index (χ4v) is 3.91. The predicted molar refractivity (Wildman–Crippen MR) is 140 cm³/mol. The molecular formula is C27H30N6O2. The summed E-state index contributed by atoms with van der Waals surface area (Å²) in [5.74, 6) is 0.0293. The maximum atomic E-state index is 13.4. The van der Waals surface area contributed by atoms with E-state index in [2.05, 4.69) is 41.4 Å². The highest BCUT2D eigenvalue weighted by molar-refractivity contribution is 6.18. The highest BCUT2D eigenvalue weighted by Crippen LogP contribution is 2.29. The maximum Gasteiger partial charge on any atom is 0.323 e. The van der Waals surface area contributed by atoms with Crippen molar-refractivity contribution in [2.75, 3.05) is 16.4 Å². The number of ketones is 1. The molecule has 0 bridgehead atoms. The molecule has 4 aromatic rings. The van der Waals surface area contributed by atoms with E-state index in [0.717, 1.165) is 0 Å². The van der Waals surface area contributed by atoms with Crippen molar-refractivity contribution in [3.63, 3.8) is 0 Å². The number of hydrogen-bond acceptors (Lipinski definition) is 5. The highest BCUT2D eigenvalue weighted by atomic mass is 16.2. The molecular weight excluding hydrogens is 440 g/mol. The number of fused-ring (bicyclic) bond motifs is 1. The topological polar surface area (TPSA) is 115 Å². The first kappa shape index (κ1) is 23.9. The number of hydrogen-bond donors (Lipinski definition) is 3. The van der Waals surface area contributed by atoms with Gasteiger partial charge in [-0.3, -0.25) is 4.79 Å². The summed E-state index contributed by atoms with van der Waals surface area (Å²) in [5.41, 5.74) is 9.95. The van der Waals surface area contributed by atoms with E-state index in [1.165, 1.54) is 11.9 Å². The molecule has 0 saturated heterocycles. The third-order valence-electron chi connectivity index (χ3n) is 5.83. The lowest BCUT2D eigenvalue weighted by atomic mass is 9.87. The number of carbonyl (C=O) groups is 2. The standard InChI is InChI=1S/C27H30N6O2/c1-16(2)33-14-21(22-24(28)29-15-30-25(22)33)23(34)17-7-6-8-20(13-17)32-26(35)31-19-11-9-18(10-12-19)27(3,4)5/h6-16H,1-5H3,(H2,28,29,30)(H2,31,32,35). The molecule has 0 radical (unpaired) electrons. The fraction of sp³-hybridized carbons (Fsp3) is 0.259. The third kappa shape index (κ3) is 5.01. The van der Waals surface area contributed by atoms with Crippen LogP contribution in [-0.2, 0) is 5.41 Å². The second kappa shape index (κ2) is 9.21. The normalized spacial score (nSPS) is 11.6. The van der Waals surface area contributed by atoms with Crippen molar-refractivity contribution in [3.05, 3.63) is 77.7 Å². The van der Waals surface area contributed by atoms with Gasteiger partial charge in [0.05, 0.1) is 10.9 Å². The Balaban J connectivity index is 1.55. The Labute approximate surface area is 204 Å². The minimum atomic E-state index is -0.396. The van der Waals surface area contributed by atoms with E-state index in [1.807, 2.05) is 42.7 Å². The van der Waals surface area contributed by atoms with Crippen molar-refractivity contribution in [2.45, 2.75) is 46.1 Å². The number of rotatable bonds is 5. The van der Waals surface area contributed by atoms with E-state index in [9.17, 15) is 9.59 Å². The van der Waals surface area contributed by atoms with E-state index >= 15 is 0 Å². The summed E-state index contributed by atoms with van der Waals surface area (Å²) in [4.78, 5) is 34.4. The number of amides is 2. The van der Waals surface area contributed by atoms with Gasteiger partial charge in [0.25, 0.3) is 0 Å². The Morgan fingerprint density at radius 1 is 0.971 bits per heavy atom. The third-order valence-corrected chi connectivity index (χ3v) is 5.83. The highest BCUT2D eigenvalue weighted by Gasteiger charge is 2.21. The van der Waals surface area contributed by atoms with Crippen LogP contribution >= 0.6 is 0 Å². The van der Waals surface area contributed by atoms with Gasteiger partial charge < -0.3 is 20.9 Å². The van der Waals surface area contributed by atoms with Gasteiger partial charge in [-0.2, -0.15) is 0 Å². The molecule has 0 spiro atoms. The molecule has 4 rings (SSSR count). The van der Waals surface area contributed by atoms with Crippen LogP contribution < -0.4 is 16.4 Å². The van der Waals surface area contributed by atoms with Crippen molar-refractivity contribution >= 4 is 40.0 Å². The zero-order chi connectivity index (χ0) is 25.3. The quantitative estimate of drug-likeness (QED) is 0.320. The molecule has 0 atom stereocenters. The van der Waals surface area contributed by atoms with Gasteiger partial charge in [0.2, 0.25) is 0 Å². The first-order chi connectivity index (χ1) is 16.5. The number of nitrogens with two attached hydrogens (primary N) is 1. The number of nitrogen functional groups attached to an aromatic ring is 1. The summed E-state index contributed by atoms with van der Waals surface area (Å²) in [6.45, 7) is 10.4. The summed E-state index contributed by atoms with van der Waals surface area (Å²) < 4.78 is 1.90.